The molecule has 1 N–H and O–H groups in total. The lowest BCUT2D eigenvalue weighted by Gasteiger charge is -2.27. The Hall–Kier alpha value is -2.09. The maximum atomic E-state index is 6.52. The van der Waals surface area contributed by atoms with Crippen molar-refractivity contribution in [2.24, 2.45) is 0 Å². The Morgan fingerprint density at radius 1 is 1.24 bits per heavy atom. The number of nitrogens with one attached hydrogen (secondary N) is 1. The number of benzene rings is 1. The van der Waals surface area contributed by atoms with Gasteiger partial charge < -0.3 is 19.4 Å². The van der Waals surface area contributed by atoms with Gasteiger partial charge in [-0.15, -0.1) is 21.5 Å². The van der Waals surface area contributed by atoms with E-state index in [2.05, 4.69) is 26.1 Å². The fourth-order valence-corrected chi connectivity index (χ4v) is 4.30. The molecular weight excluding hydrogens is 360 g/mol. The zero-order valence-electron chi connectivity index (χ0n) is 13.7. The van der Waals surface area contributed by atoms with Gasteiger partial charge >= 0.3 is 0 Å². The molecule has 2 aromatic heterocycles. The second kappa shape index (κ2) is 7.03. The van der Waals surface area contributed by atoms with E-state index in [1.54, 1.807) is 24.8 Å². The number of aromatic nitrogens is 3. The summed E-state index contributed by atoms with van der Waals surface area (Å²) in [6.07, 6.45) is 1.59. The lowest BCUT2D eigenvalue weighted by Crippen LogP contribution is -2.35. The van der Waals surface area contributed by atoms with Crippen LogP contribution in [0.15, 0.2) is 30.6 Å². The fourth-order valence-electron chi connectivity index (χ4n) is 2.85. The number of H-pyrrole nitrogens is 1. The number of nitrogens with zero attached hydrogens (tertiary/aromatic N) is 3. The summed E-state index contributed by atoms with van der Waals surface area (Å²) >= 11 is 8.20. The SMILES string of the molecule is COc1ccc(-c2cc(N3CCOCC3)sc2-c2nnc[nH]2)c(Cl)c1. The highest BCUT2D eigenvalue weighted by Crippen LogP contribution is 2.44. The van der Waals surface area contributed by atoms with Crippen LogP contribution in [0.2, 0.25) is 5.02 Å². The maximum absolute atomic E-state index is 6.52. The first-order chi connectivity index (χ1) is 12.3. The first-order valence-corrected chi connectivity index (χ1v) is 9.12. The molecule has 0 radical (unpaired) electrons. The van der Waals surface area contributed by atoms with E-state index >= 15 is 0 Å². The van der Waals surface area contributed by atoms with Crippen LogP contribution in [-0.4, -0.2) is 48.6 Å². The van der Waals surface area contributed by atoms with Gasteiger partial charge in [0.05, 0.1) is 35.2 Å². The number of thiophene rings is 1. The van der Waals surface area contributed by atoms with Gasteiger partial charge in [0.1, 0.15) is 12.1 Å². The molecule has 0 bridgehead atoms. The average Bonchev–Trinajstić information content (AvgIpc) is 3.32. The first-order valence-electron chi connectivity index (χ1n) is 7.93. The van der Waals surface area contributed by atoms with E-state index in [0.717, 1.165) is 53.9 Å². The summed E-state index contributed by atoms with van der Waals surface area (Å²) in [4.78, 5) is 6.45. The molecule has 25 heavy (non-hydrogen) atoms. The third kappa shape index (κ3) is 3.22. The summed E-state index contributed by atoms with van der Waals surface area (Å²) in [6, 6.07) is 7.89. The zero-order chi connectivity index (χ0) is 17.2. The number of morpholine rings is 1. The van der Waals surface area contributed by atoms with Gasteiger partial charge in [0.15, 0.2) is 5.82 Å². The van der Waals surface area contributed by atoms with Crippen LogP contribution in [0.4, 0.5) is 5.00 Å². The third-order valence-electron chi connectivity index (χ3n) is 4.14. The Kier molecular flexibility index (Phi) is 4.61. The van der Waals surface area contributed by atoms with Gasteiger partial charge in [-0.25, -0.2) is 0 Å². The zero-order valence-corrected chi connectivity index (χ0v) is 15.2. The molecule has 3 heterocycles. The highest BCUT2D eigenvalue weighted by Gasteiger charge is 2.21. The first kappa shape index (κ1) is 16.4. The van der Waals surface area contributed by atoms with Gasteiger partial charge in [0.25, 0.3) is 0 Å². The number of rotatable bonds is 4. The quantitative estimate of drug-likeness (QED) is 0.752. The number of halogens is 1. The topological polar surface area (TPSA) is 63.3 Å². The van der Waals surface area contributed by atoms with Crippen LogP contribution in [0.3, 0.4) is 0 Å². The Labute approximate surface area is 154 Å². The van der Waals surface area contributed by atoms with E-state index in [1.807, 2.05) is 18.2 Å². The van der Waals surface area contributed by atoms with Crippen LogP contribution in [0.1, 0.15) is 0 Å². The second-order valence-corrected chi connectivity index (χ2v) is 7.05. The van der Waals surface area contributed by atoms with E-state index in [1.165, 1.54) is 5.00 Å². The highest BCUT2D eigenvalue weighted by atomic mass is 35.5. The van der Waals surface area contributed by atoms with Crippen LogP contribution < -0.4 is 9.64 Å². The summed E-state index contributed by atoms with van der Waals surface area (Å²) in [5, 5.41) is 9.93. The largest absolute Gasteiger partial charge is 0.497 e. The van der Waals surface area contributed by atoms with Gasteiger partial charge in [0, 0.05) is 24.2 Å². The van der Waals surface area contributed by atoms with E-state index in [-0.39, 0.29) is 0 Å². The Bertz CT molecular complexity index is 860. The van der Waals surface area contributed by atoms with Crippen molar-refractivity contribution in [1.82, 2.24) is 15.2 Å². The molecule has 6 nitrogen and oxygen atoms in total. The molecule has 0 aliphatic carbocycles. The molecule has 1 saturated heterocycles. The molecule has 1 fully saturated rings. The van der Waals surface area contributed by atoms with Crippen molar-refractivity contribution in [2.45, 2.75) is 0 Å². The summed E-state index contributed by atoms with van der Waals surface area (Å²) in [5.41, 5.74) is 1.99. The van der Waals surface area contributed by atoms with Crippen molar-refractivity contribution in [2.75, 3.05) is 38.3 Å². The van der Waals surface area contributed by atoms with Gasteiger partial charge in [-0.2, -0.15) is 0 Å². The van der Waals surface area contributed by atoms with Gasteiger partial charge in [-0.05, 0) is 24.3 Å². The molecular formula is C17H17ClN4O2S. The molecule has 4 rings (SSSR count). The predicted octanol–water partition coefficient (Wildman–Crippen LogP) is 3.70. The van der Waals surface area contributed by atoms with Crippen molar-refractivity contribution in [3.8, 4) is 27.6 Å². The molecule has 0 saturated carbocycles. The second-order valence-electron chi connectivity index (χ2n) is 5.61. The number of methoxy groups -OCH3 is 1. The molecule has 130 valence electrons. The van der Waals surface area contributed by atoms with E-state index in [0.29, 0.717) is 5.02 Å². The van der Waals surface area contributed by atoms with E-state index in [4.69, 9.17) is 21.1 Å². The minimum atomic E-state index is 0.645. The van der Waals surface area contributed by atoms with Crippen molar-refractivity contribution in [3.63, 3.8) is 0 Å². The average molecular weight is 377 g/mol. The monoisotopic (exact) mass is 376 g/mol. The van der Waals surface area contributed by atoms with E-state index in [9.17, 15) is 0 Å². The van der Waals surface area contributed by atoms with Crippen molar-refractivity contribution in [3.05, 3.63) is 35.6 Å². The maximum Gasteiger partial charge on any atom is 0.171 e. The standard InChI is InChI=1S/C17H17ClN4O2S/c1-23-11-2-3-12(14(18)8-11)13-9-15(22-4-6-24-7-5-22)25-16(13)17-19-10-20-21-17/h2-3,8-10H,4-7H2,1H3,(H,19,20,21). The van der Waals surface area contributed by atoms with Crippen LogP contribution in [0, 0.1) is 0 Å². The van der Waals surface area contributed by atoms with Gasteiger partial charge in [0.2, 0.25) is 0 Å². The van der Waals surface area contributed by atoms with Crippen molar-refractivity contribution < 1.29 is 9.47 Å². The lowest BCUT2D eigenvalue weighted by molar-refractivity contribution is 0.123. The Balaban J connectivity index is 1.81. The summed E-state index contributed by atoms with van der Waals surface area (Å²) in [7, 11) is 1.63. The lowest BCUT2D eigenvalue weighted by atomic mass is 10.1. The molecule has 0 unspecified atom stereocenters. The van der Waals surface area contributed by atoms with E-state index < -0.39 is 0 Å². The predicted molar refractivity (Wildman–Crippen MR) is 99.7 cm³/mol. The molecule has 3 aromatic rings. The molecule has 1 aliphatic heterocycles. The highest BCUT2D eigenvalue weighted by molar-refractivity contribution is 7.20. The molecule has 1 aliphatic rings. The third-order valence-corrected chi connectivity index (χ3v) is 5.66. The summed E-state index contributed by atoms with van der Waals surface area (Å²) in [5.74, 6) is 1.48. The minimum absolute atomic E-state index is 0.645. The van der Waals surface area contributed by atoms with Gasteiger partial charge in [-0.1, -0.05) is 11.6 Å². The normalized spacial score (nSPS) is 14.7. The molecule has 1 aromatic carbocycles. The van der Waals surface area contributed by atoms with Gasteiger partial charge in [-0.3, -0.25) is 0 Å². The number of hydrogen-bond acceptors (Lipinski definition) is 6. The summed E-state index contributed by atoms with van der Waals surface area (Å²) < 4.78 is 10.7. The van der Waals surface area contributed by atoms with Crippen LogP contribution in [0.5, 0.6) is 5.75 Å². The van der Waals surface area contributed by atoms with Crippen LogP contribution >= 0.6 is 22.9 Å². The van der Waals surface area contributed by atoms with Crippen molar-refractivity contribution >= 4 is 27.9 Å². The number of hydrogen-bond donors (Lipinski definition) is 1. The number of anilines is 1. The molecule has 0 atom stereocenters. The van der Waals surface area contributed by atoms with Crippen molar-refractivity contribution in [1.29, 1.82) is 0 Å². The Morgan fingerprint density at radius 3 is 2.76 bits per heavy atom. The van der Waals surface area contributed by atoms with Crippen LogP contribution in [-0.2, 0) is 4.74 Å². The minimum Gasteiger partial charge on any atom is -0.497 e. The molecule has 0 amide bonds. The Morgan fingerprint density at radius 2 is 2.08 bits per heavy atom. The molecule has 0 spiro atoms. The number of aromatic amines is 1. The fraction of sp³-hybridized carbons (Fsp3) is 0.294. The molecule has 8 heteroatoms. The smallest absolute Gasteiger partial charge is 0.171 e. The summed E-state index contributed by atoms with van der Waals surface area (Å²) in [6.45, 7) is 3.25. The number of ether oxygens (including phenoxy) is 2. The van der Waals surface area contributed by atoms with Crippen LogP contribution in [0.25, 0.3) is 21.8 Å².